The van der Waals surface area contributed by atoms with Crippen molar-refractivity contribution >= 4 is 22.4 Å². The van der Waals surface area contributed by atoms with E-state index in [1.807, 2.05) is 26.2 Å². The van der Waals surface area contributed by atoms with Crippen LogP contribution in [0.25, 0.3) is 0 Å². The van der Waals surface area contributed by atoms with Gasteiger partial charge in [0.15, 0.2) is 5.13 Å². The highest BCUT2D eigenvalue weighted by Crippen LogP contribution is 2.28. The maximum Gasteiger partial charge on any atom is 0.317 e. The van der Waals surface area contributed by atoms with E-state index < -0.39 is 5.41 Å². The van der Waals surface area contributed by atoms with Gasteiger partial charge >= 0.3 is 5.97 Å². The molecule has 0 aliphatic rings. The van der Waals surface area contributed by atoms with Gasteiger partial charge in [-0.15, -0.1) is 11.3 Å². The molecule has 0 amide bonds. The van der Waals surface area contributed by atoms with Crippen molar-refractivity contribution in [1.82, 2.24) is 4.98 Å². The highest BCUT2D eigenvalue weighted by molar-refractivity contribution is 7.13. The van der Waals surface area contributed by atoms with Gasteiger partial charge in [0.25, 0.3) is 0 Å². The first-order valence-corrected chi connectivity index (χ1v) is 8.20. The minimum atomic E-state index is -0.693. The van der Waals surface area contributed by atoms with Crippen LogP contribution in [-0.4, -0.2) is 24.1 Å². The zero-order valence-corrected chi connectivity index (χ0v) is 14.0. The summed E-state index contributed by atoms with van der Waals surface area (Å²) in [7, 11) is 0. The maximum absolute atomic E-state index is 12.0. The number of carbonyl (C=O) groups is 1. The monoisotopic (exact) mass is 298 g/mol. The van der Waals surface area contributed by atoms with Gasteiger partial charge in [-0.2, -0.15) is 0 Å². The number of thiazole rings is 1. The Bertz CT molecular complexity index is 425. The fraction of sp³-hybridized carbons (Fsp3) is 0.733. The van der Waals surface area contributed by atoms with E-state index in [9.17, 15) is 4.79 Å². The molecule has 114 valence electrons. The quantitative estimate of drug-likeness (QED) is 0.741. The summed E-state index contributed by atoms with van der Waals surface area (Å²) in [5.41, 5.74) is 0.0782. The summed E-state index contributed by atoms with van der Waals surface area (Å²) in [4.78, 5) is 16.5. The molecule has 0 atom stereocenters. The summed E-state index contributed by atoms with van der Waals surface area (Å²) in [6, 6.07) is 0. The molecule has 1 aromatic heterocycles. The molecule has 0 unspecified atom stereocenters. The van der Waals surface area contributed by atoms with Gasteiger partial charge in [-0.3, -0.25) is 4.79 Å². The molecule has 1 aromatic rings. The third-order valence-corrected chi connectivity index (χ3v) is 4.43. The minimum Gasteiger partial charge on any atom is -0.465 e. The number of hydrogen-bond donors (Lipinski definition) is 1. The average Bonchev–Trinajstić information content (AvgIpc) is 2.89. The highest BCUT2D eigenvalue weighted by Gasteiger charge is 2.33. The number of nitrogens with one attached hydrogen (secondary N) is 1. The van der Waals surface area contributed by atoms with Gasteiger partial charge in [-0.1, -0.05) is 26.7 Å². The van der Waals surface area contributed by atoms with E-state index >= 15 is 0 Å². The molecule has 1 rings (SSSR count). The molecular weight excluding hydrogens is 272 g/mol. The molecule has 0 saturated heterocycles. The van der Waals surface area contributed by atoms with E-state index in [4.69, 9.17) is 4.74 Å². The van der Waals surface area contributed by atoms with Crippen LogP contribution in [0.2, 0.25) is 0 Å². The van der Waals surface area contributed by atoms with E-state index in [1.54, 1.807) is 11.3 Å². The van der Waals surface area contributed by atoms with Crippen LogP contribution in [0.15, 0.2) is 5.38 Å². The second-order valence-electron chi connectivity index (χ2n) is 5.45. The molecule has 0 aromatic carbocycles. The van der Waals surface area contributed by atoms with Crippen LogP contribution >= 0.6 is 11.3 Å². The van der Waals surface area contributed by atoms with E-state index in [0.29, 0.717) is 12.5 Å². The molecule has 0 spiro atoms. The van der Waals surface area contributed by atoms with Crippen LogP contribution in [0.1, 0.15) is 53.2 Å². The largest absolute Gasteiger partial charge is 0.465 e. The Hall–Kier alpha value is -1.10. The molecule has 5 heteroatoms. The van der Waals surface area contributed by atoms with Crippen molar-refractivity contribution in [2.75, 3.05) is 18.5 Å². The summed E-state index contributed by atoms with van der Waals surface area (Å²) >= 11 is 1.54. The Balaban J connectivity index is 2.69. The van der Waals surface area contributed by atoms with Crippen LogP contribution in [0.5, 0.6) is 0 Å². The molecule has 0 aliphatic heterocycles. The molecule has 0 fully saturated rings. The number of hydrogen-bond acceptors (Lipinski definition) is 5. The number of ether oxygens (including phenoxy) is 1. The smallest absolute Gasteiger partial charge is 0.317 e. The molecule has 0 radical (unpaired) electrons. The van der Waals surface area contributed by atoms with Gasteiger partial charge in [0, 0.05) is 11.9 Å². The predicted octanol–water partition coefficient (Wildman–Crippen LogP) is 3.83. The molecule has 0 bridgehead atoms. The van der Waals surface area contributed by atoms with Crippen molar-refractivity contribution in [2.45, 2.75) is 52.9 Å². The number of carbonyl (C=O) groups excluding carboxylic acids is 1. The number of esters is 1. The summed E-state index contributed by atoms with van der Waals surface area (Å²) in [6.07, 6.45) is 2.33. The Kier molecular flexibility index (Phi) is 6.46. The normalized spacial score (nSPS) is 11.7. The number of nitrogens with zero attached hydrogens (tertiary/aromatic N) is 1. The second kappa shape index (κ2) is 7.62. The summed E-state index contributed by atoms with van der Waals surface area (Å²) in [5, 5.41) is 6.18. The Morgan fingerprint density at radius 3 is 2.60 bits per heavy atom. The number of aromatic nitrogens is 1. The Morgan fingerprint density at radius 1 is 1.40 bits per heavy atom. The van der Waals surface area contributed by atoms with Crippen molar-refractivity contribution in [1.29, 1.82) is 0 Å². The van der Waals surface area contributed by atoms with Gasteiger partial charge in [0.1, 0.15) is 5.41 Å². The van der Waals surface area contributed by atoms with Gasteiger partial charge in [-0.25, -0.2) is 4.98 Å². The minimum absolute atomic E-state index is 0.225. The first-order chi connectivity index (χ1) is 9.45. The molecular formula is C15H26N2O2S. The molecule has 0 aliphatic carbocycles. The average molecular weight is 298 g/mol. The third-order valence-electron chi connectivity index (χ3n) is 3.63. The first-order valence-electron chi connectivity index (χ1n) is 7.32. The van der Waals surface area contributed by atoms with Crippen molar-refractivity contribution in [3.05, 3.63) is 11.1 Å². The topological polar surface area (TPSA) is 51.2 Å². The van der Waals surface area contributed by atoms with Crippen molar-refractivity contribution < 1.29 is 9.53 Å². The lowest BCUT2D eigenvalue weighted by atomic mass is 9.90. The number of rotatable bonds is 8. The van der Waals surface area contributed by atoms with Crippen LogP contribution in [-0.2, 0) is 14.9 Å². The number of anilines is 1. The molecule has 4 nitrogen and oxygen atoms in total. The lowest BCUT2D eigenvalue weighted by molar-refractivity contribution is -0.148. The van der Waals surface area contributed by atoms with Crippen LogP contribution in [0, 0.1) is 5.92 Å². The van der Waals surface area contributed by atoms with Crippen molar-refractivity contribution in [3.63, 3.8) is 0 Å². The van der Waals surface area contributed by atoms with Crippen LogP contribution in [0.3, 0.4) is 0 Å². The van der Waals surface area contributed by atoms with E-state index in [0.717, 1.165) is 30.2 Å². The second-order valence-corrected chi connectivity index (χ2v) is 6.30. The molecule has 1 heterocycles. The predicted molar refractivity (Wildman–Crippen MR) is 84.3 cm³/mol. The Labute approximate surface area is 125 Å². The van der Waals surface area contributed by atoms with Crippen LogP contribution < -0.4 is 5.32 Å². The van der Waals surface area contributed by atoms with Crippen LogP contribution in [0.4, 0.5) is 5.13 Å². The zero-order chi connectivity index (χ0) is 15.2. The summed E-state index contributed by atoms with van der Waals surface area (Å²) in [6.45, 7) is 11.2. The fourth-order valence-electron chi connectivity index (χ4n) is 1.87. The molecule has 0 saturated carbocycles. The van der Waals surface area contributed by atoms with Gasteiger partial charge in [-0.05, 0) is 26.7 Å². The summed E-state index contributed by atoms with van der Waals surface area (Å²) < 4.78 is 5.11. The Morgan fingerprint density at radius 2 is 2.05 bits per heavy atom. The lowest BCUT2D eigenvalue weighted by Gasteiger charge is -2.19. The van der Waals surface area contributed by atoms with Gasteiger partial charge in [0.2, 0.25) is 0 Å². The first kappa shape index (κ1) is 17.0. The molecule has 1 N–H and O–H groups in total. The summed E-state index contributed by atoms with van der Waals surface area (Å²) in [5.74, 6) is 0.442. The van der Waals surface area contributed by atoms with Gasteiger partial charge < -0.3 is 10.1 Å². The highest BCUT2D eigenvalue weighted by atomic mass is 32.1. The zero-order valence-electron chi connectivity index (χ0n) is 13.2. The van der Waals surface area contributed by atoms with Gasteiger partial charge in [0.05, 0.1) is 12.3 Å². The van der Waals surface area contributed by atoms with E-state index in [2.05, 4.69) is 24.1 Å². The fourth-order valence-corrected chi connectivity index (χ4v) is 2.76. The standard InChI is InChI=1S/C15H26N2O2S/c1-6-11(7-2)9-16-14-17-12(10-20-14)15(4,5)13(18)19-8-3/h10-11H,6-9H2,1-5H3,(H,16,17). The lowest BCUT2D eigenvalue weighted by Crippen LogP contribution is -2.31. The van der Waals surface area contributed by atoms with E-state index in [1.165, 1.54) is 0 Å². The third kappa shape index (κ3) is 4.20. The van der Waals surface area contributed by atoms with Crippen molar-refractivity contribution in [2.24, 2.45) is 5.92 Å². The van der Waals surface area contributed by atoms with Crippen molar-refractivity contribution in [3.8, 4) is 0 Å². The molecule has 20 heavy (non-hydrogen) atoms. The van der Waals surface area contributed by atoms with E-state index in [-0.39, 0.29) is 5.97 Å². The maximum atomic E-state index is 12.0. The SMILES string of the molecule is CCOC(=O)C(C)(C)c1csc(NCC(CC)CC)n1.